The van der Waals surface area contributed by atoms with Crippen molar-refractivity contribution in [3.05, 3.63) is 95.5 Å². The second-order valence-corrected chi connectivity index (χ2v) is 9.10. The fraction of sp³-hybridized carbons (Fsp3) is 0.250. The van der Waals surface area contributed by atoms with E-state index in [1.165, 1.54) is 50.0 Å². The van der Waals surface area contributed by atoms with Gasteiger partial charge >= 0.3 is 0 Å². The molecule has 0 atom stereocenters. The van der Waals surface area contributed by atoms with Crippen LogP contribution < -0.4 is 0 Å². The van der Waals surface area contributed by atoms with Crippen molar-refractivity contribution in [3.8, 4) is 11.1 Å². The highest BCUT2D eigenvalue weighted by Crippen LogP contribution is 2.35. The molecule has 1 N–H and O–H groups in total. The lowest BCUT2D eigenvalue weighted by Crippen LogP contribution is -2.43. The van der Waals surface area contributed by atoms with E-state index >= 15 is 0 Å². The number of allylic oxidation sites excluding steroid dienone is 1. The molecule has 1 aliphatic heterocycles. The molecule has 1 aliphatic carbocycles. The van der Waals surface area contributed by atoms with Crippen molar-refractivity contribution in [1.29, 1.82) is 0 Å². The number of nitrogens with zero attached hydrogens (tertiary/aromatic N) is 3. The minimum atomic E-state index is 0.903. The highest BCUT2D eigenvalue weighted by molar-refractivity contribution is 5.90. The fourth-order valence-corrected chi connectivity index (χ4v) is 4.92. The molecule has 3 heterocycles. The van der Waals surface area contributed by atoms with Gasteiger partial charge in [-0.3, -0.25) is 9.88 Å². The van der Waals surface area contributed by atoms with Crippen LogP contribution in [0.3, 0.4) is 0 Å². The number of H-pyrrole nitrogens is 1. The first-order valence-corrected chi connectivity index (χ1v) is 11.5. The second kappa shape index (κ2) is 8.05. The summed E-state index contributed by atoms with van der Waals surface area (Å²) in [6, 6.07) is 20.1. The van der Waals surface area contributed by atoms with Crippen molar-refractivity contribution in [2.24, 2.45) is 0 Å². The van der Waals surface area contributed by atoms with Crippen LogP contribution in [0, 0.1) is 0 Å². The molecule has 0 bridgehead atoms. The van der Waals surface area contributed by atoms with Gasteiger partial charge in [0.1, 0.15) is 0 Å². The molecule has 4 heteroatoms. The van der Waals surface area contributed by atoms with Crippen molar-refractivity contribution >= 4 is 16.5 Å². The number of hydrogen-bond donors (Lipinski definition) is 1. The first-order valence-electron chi connectivity index (χ1n) is 11.5. The van der Waals surface area contributed by atoms with Gasteiger partial charge in [-0.2, -0.15) is 0 Å². The third-order valence-electron chi connectivity index (χ3n) is 6.91. The molecule has 0 spiro atoms. The average Bonchev–Trinajstić information content (AvgIpc) is 3.47. The Morgan fingerprint density at radius 3 is 2.53 bits per heavy atom. The van der Waals surface area contributed by atoms with E-state index < -0.39 is 0 Å². The van der Waals surface area contributed by atoms with Crippen molar-refractivity contribution in [2.75, 3.05) is 33.2 Å². The summed E-state index contributed by atoms with van der Waals surface area (Å²) in [5.74, 6) is 0. The molecule has 4 aromatic rings. The van der Waals surface area contributed by atoms with Crippen molar-refractivity contribution < 1.29 is 0 Å². The first kappa shape index (κ1) is 19.5. The molecule has 0 unspecified atom stereocenters. The van der Waals surface area contributed by atoms with Gasteiger partial charge in [0.15, 0.2) is 0 Å². The molecular formula is C28H28N4. The van der Waals surface area contributed by atoms with Crippen LogP contribution in [-0.2, 0) is 13.0 Å². The van der Waals surface area contributed by atoms with Gasteiger partial charge in [0.25, 0.3) is 0 Å². The smallest absolute Gasteiger partial charge is 0.0520 e. The normalized spacial score (nSPS) is 17.0. The molecule has 2 aliphatic rings. The summed E-state index contributed by atoms with van der Waals surface area (Å²) in [4.78, 5) is 13.0. The summed E-state index contributed by atoms with van der Waals surface area (Å²) in [6.07, 6.45) is 7.24. The largest absolute Gasteiger partial charge is 0.361 e. The highest BCUT2D eigenvalue weighted by Gasteiger charge is 2.19. The standard InChI is InChI=1S/C28H28N4/c1-31-12-14-32(15-13-31)19-20-2-4-21(5-3-20)24-17-26-25(7-9-28(26)30-18-24)22-6-8-27-23(16-22)10-11-29-27/h2-8,10-11,16-18,29H,9,12-15,19H2,1H3. The van der Waals surface area contributed by atoms with Gasteiger partial charge in [-0.05, 0) is 59.0 Å². The molecule has 1 saturated heterocycles. The lowest BCUT2D eigenvalue weighted by molar-refractivity contribution is 0.148. The van der Waals surface area contributed by atoms with Gasteiger partial charge in [-0.1, -0.05) is 36.4 Å². The maximum absolute atomic E-state index is 4.82. The van der Waals surface area contributed by atoms with E-state index in [0.717, 1.165) is 39.1 Å². The zero-order valence-corrected chi connectivity index (χ0v) is 18.5. The van der Waals surface area contributed by atoms with Crippen LogP contribution in [-0.4, -0.2) is 53.0 Å². The van der Waals surface area contributed by atoms with Gasteiger partial charge in [-0.15, -0.1) is 0 Å². The number of pyridine rings is 1. The third kappa shape index (κ3) is 3.66. The Bertz CT molecular complexity index is 1290. The molecule has 0 amide bonds. The SMILES string of the molecule is CN1CCN(Cc2ccc(-c3cnc4c(c3)C(c3ccc5[nH]ccc5c3)=CC4)cc2)CC1. The molecule has 2 aromatic carbocycles. The quantitative estimate of drug-likeness (QED) is 0.507. The van der Waals surface area contributed by atoms with E-state index in [0.29, 0.717) is 0 Å². The topological polar surface area (TPSA) is 35.2 Å². The van der Waals surface area contributed by atoms with Crippen molar-refractivity contribution in [2.45, 2.75) is 13.0 Å². The van der Waals surface area contributed by atoms with Crippen LogP contribution in [0.25, 0.3) is 27.6 Å². The number of benzene rings is 2. The van der Waals surface area contributed by atoms with Crippen molar-refractivity contribution in [3.63, 3.8) is 0 Å². The number of hydrogen-bond acceptors (Lipinski definition) is 3. The van der Waals surface area contributed by atoms with E-state index in [4.69, 9.17) is 4.98 Å². The molecule has 6 rings (SSSR count). The number of likely N-dealkylation sites (N-methyl/N-ethyl adjacent to an activating group) is 1. The minimum absolute atomic E-state index is 0.903. The zero-order valence-electron chi connectivity index (χ0n) is 18.5. The van der Waals surface area contributed by atoms with Gasteiger partial charge in [0.05, 0.1) is 5.69 Å². The number of rotatable bonds is 4. The average molecular weight is 421 g/mol. The number of piperazine rings is 1. The second-order valence-electron chi connectivity index (χ2n) is 9.10. The summed E-state index contributed by atoms with van der Waals surface area (Å²) >= 11 is 0. The maximum atomic E-state index is 4.82. The fourth-order valence-electron chi connectivity index (χ4n) is 4.92. The van der Waals surface area contributed by atoms with Crippen LogP contribution in [0.1, 0.15) is 22.4 Å². The summed E-state index contributed by atoms with van der Waals surface area (Å²) in [5, 5.41) is 1.25. The maximum Gasteiger partial charge on any atom is 0.0520 e. The summed E-state index contributed by atoms with van der Waals surface area (Å²) < 4.78 is 0. The predicted octanol–water partition coefficient (Wildman–Crippen LogP) is 4.97. The first-order chi connectivity index (χ1) is 15.7. The van der Waals surface area contributed by atoms with Crippen molar-refractivity contribution in [1.82, 2.24) is 19.8 Å². The molecule has 0 radical (unpaired) electrons. The number of fused-ring (bicyclic) bond motifs is 2. The minimum Gasteiger partial charge on any atom is -0.361 e. The molecule has 2 aromatic heterocycles. The van der Waals surface area contributed by atoms with Crippen LogP contribution in [0.15, 0.2) is 73.1 Å². The monoisotopic (exact) mass is 420 g/mol. The number of aromatic amines is 1. The Kier molecular flexibility index (Phi) is 4.90. The summed E-state index contributed by atoms with van der Waals surface area (Å²) in [6.45, 7) is 5.65. The van der Waals surface area contributed by atoms with Crippen LogP contribution >= 0.6 is 0 Å². The number of nitrogens with one attached hydrogen (secondary N) is 1. The van der Waals surface area contributed by atoms with E-state index in [-0.39, 0.29) is 0 Å². The zero-order chi connectivity index (χ0) is 21.5. The van der Waals surface area contributed by atoms with Crippen LogP contribution in [0.2, 0.25) is 0 Å². The molecule has 4 nitrogen and oxygen atoms in total. The predicted molar refractivity (Wildman–Crippen MR) is 132 cm³/mol. The van der Waals surface area contributed by atoms with Gasteiger partial charge in [0.2, 0.25) is 0 Å². The van der Waals surface area contributed by atoms with Gasteiger partial charge in [-0.25, -0.2) is 0 Å². The molecule has 0 saturated carbocycles. The van der Waals surface area contributed by atoms with Crippen LogP contribution in [0.5, 0.6) is 0 Å². The highest BCUT2D eigenvalue weighted by atomic mass is 15.2. The van der Waals surface area contributed by atoms with E-state index in [1.807, 2.05) is 12.4 Å². The summed E-state index contributed by atoms with van der Waals surface area (Å²) in [5.41, 5.74) is 9.97. The molecule has 1 fully saturated rings. The summed E-state index contributed by atoms with van der Waals surface area (Å²) in [7, 11) is 2.20. The van der Waals surface area contributed by atoms with E-state index in [9.17, 15) is 0 Å². The number of aromatic nitrogens is 2. The van der Waals surface area contributed by atoms with E-state index in [2.05, 4.69) is 82.5 Å². The molecule has 160 valence electrons. The Hall–Kier alpha value is -3.21. The Morgan fingerprint density at radius 1 is 0.875 bits per heavy atom. The Labute approximate surface area is 189 Å². The Balaban J connectivity index is 1.24. The third-order valence-corrected chi connectivity index (χ3v) is 6.91. The Morgan fingerprint density at radius 2 is 1.69 bits per heavy atom. The van der Waals surface area contributed by atoms with Gasteiger partial charge < -0.3 is 9.88 Å². The lowest BCUT2D eigenvalue weighted by Gasteiger charge is -2.32. The van der Waals surface area contributed by atoms with E-state index in [1.54, 1.807) is 0 Å². The van der Waals surface area contributed by atoms with Crippen LogP contribution in [0.4, 0.5) is 0 Å². The molecular weight excluding hydrogens is 392 g/mol. The molecule has 32 heavy (non-hydrogen) atoms. The van der Waals surface area contributed by atoms with Gasteiger partial charge in [0, 0.05) is 68.2 Å². The lowest BCUT2D eigenvalue weighted by atomic mass is 9.97.